The third-order valence-electron chi connectivity index (χ3n) is 6.90. The molecule has 0 bridgehead atoms. The molecule has 4 rings (SSSR count). The van der Waals surface area contributed by atoms with E-state index in [0.29, 0.717) is 55.1 Å². The van der Waals surface area contributed by atoms with E-state index in [1.807, 2.05) is 36.0 Å². The van der Waals surface area contributed by atoms with Crippen molar-refractivity contribution in [3.8, 4) is 11.8 Å². The number of pyridine rings is 1. The number of nitrogens with zero attached hydrogens (tertiary/aromatic N) is 7. The molecule has 38 heavy (non-hydrogen) atoms. The minimum Gasteiger partial charge on any atom is -0.494 e. The third-order valence-corrected chi connectivity index (χ3v) is 6.90. The van der Waals surface area contributed by atoms with Crippen LogP contribution in [0.1, 0.15) is 24.0 Å². The molecular formula is C27H34N8O3. The summed E-state index contributed by atoms with van der Waals surface area (Å²) in [5.41, 5.74) is 8.41. The van der Waals surface area contributed by atoms with Gasteiger partial charge in [-0.2, -0.15) is 10.4 Å². The average molecular weight is 519 g/mol. The van der Waals surface area contributed by atoms with Gasteiger partial charge in [-0.05, 0) is 33.0 Å². The first-order valence-electron chi connectivity index (χ1n) is 12.6. The van der Waals surface area contributed by atoms with Crippen LogP contribution in [0.25, 0.3) is 11.1 Å². The molecule has 2 aromatic rings. The van der Waals surface area contributed by atoms with Gasteiger partial charge in [0.25, 0.3) is 0 Å². The number of likely N-dealkylation sites (N-methyl/N-ethyl adjacent to an activating group) is 1. The van der Waals surface area contributed by atoms with Gasteiger partial charge < -0.3 is 25.2 Å². The van der Waals surface area contributed by atoms with Crippen molar-refractivity contribution in [2.24, 2.45) is 16.6 Å². The molecule has 2 aliphatic heterocycles. The van der Waals surface area contributed by atoms with E-state index >= 15 is 0 Å². The number of carbonyl (C=O) groups excluding carboxylic acids is 2. The van der Waals surface area contributed by atoms with Gasteiger partial charge in [-0.15, -0.1) is 0 Å². The molecule has 0 aliphatic carbocycles. The number of aromatic nitrogens is 2. The van der Waals surface area contributed by atoms with Gasteiger partial charge >= 0.3 is 0 Å². The lowest BCUT2D eigenvalue weighted by atomic mass is 9.96. The molecular weight excluding hydrogens is 484 g/mol. The second-order valence-corrected chi connectivity index (χ2v) is 9.82. The summed E-state index contributed by atoms with van der Waals surface area (Å²) in [6.07, 6.45) is 11.5. The standard InChI is InChI=1S/C27H34N8O3/c1-32(2)8-4-5-25(36)34-16-22(17-34)27(37)33-9-6-23(7-10-33)30-14-20(12-28)19-11-24(38-3)26-21(13-29)15-31-35(26)18-19/h4-5,11-12,14-15,18,22-23H,6-10,16-17,28H2,1-3H3/b5-4+,20-12?,30-14?. The number of rotatable bonds is 8. The number of likely N-dealkylation sites (tertiary alicyclic amines) is 2. The maximum Gasteiger partial charge on any atom is 0.246 e. The van der Waals surface area contributed by atoms with Crippen LogP contribution < -0.4 is 10.5 Å². The van der Waals surface area contributed by atoms with E-state index < -0.39 is 0 Å². The first-order chi connectivity index (χ1) is 18.3. The lowest BCUT2D eigenvalue weighted by Crippen LogP contribution is -2.57. The van der Waals surface area contributed by atoms with E-state index in [1.54, 1.807) is 35.0 Å². The van der Waals surface area contributed by atoms with E-state index in [0.717, 1.165) is 18.4 Å². The summed E-state index contributed by atoms with van der Waals surface area (Å²) in [5.74, 6) is 0.480. The number of nitriles is 1. The maximum atomic E-state index is 12.9. The number of ether oxygens (including phenoxy) is 1. The normalized spacial score (nSPS) is 17.5. The fourth-order valence-electron chi connectivity index (χ4n) is 4.66. The third kappa shape index (κ3) is 5.86. The molecule has 0 atom stereocenters. The number of fused-ring (bicyclic) bond motifs is 1. The van der Waals surface area contributed by atoms with Crippen molar-refractivity contribution in [1.29, 1.82) is 5.26 Å². The number of carbonyl (C=O) groups is 2. The zero-order valence-electron chi connectivity index (χ0n) is 22.1. The van der Waals surface area contributed by atoms with Gasteiger partial charge in [0.05, 0.1) is 25.3 Å². The van der Waals surface area contributed by atoms with Crippen molar-refractivity contribution < 1.29 is 14.3 Å². The number of piperidine rings is 1. The quantitative estimate of drug-likeness (QED) is 0.409. The Morgan fingerprint density at radius 1 is 1.29 bits per heavy atom. The molecule has 0 radical (unpaired) electrons. The summed E-state index contributed by atoms with van der Waals surface area (Å²) >= 11 is 0. The van der Waals surface area contributed by atoms with Crippen LogP contribution in [0.4, 0.5) is 0 Å². The van der Waals surface area contributed by atoms with Crippen LogP contribution >= 0.6 is 0 Å². The minimum absolute atomic E-state index is 0.0393. The Labute approximate surface area is 222 Å². The molecule has 200 valence electrons. The number of allylic oxidation sites excluding steroid dienone is 1. The van der Waals surface area contributed by atoms with Gasteiger partial charge in [-0.1, -0.05) is 6.08 Å². The summed E-state index contributed by atoms with van der Waals surface area (Å²) in [6.45, 7) is 2.94. The van der Waals surface area contributed by atoms with Crippen molar-refractivity contribution >= 4 is 29.1 Å². The zero-order valence-corrected chi connectivity index (χ0v) is 22.1. The molecule has 2 aliphatic rings. The summed E-state index contributed by atoms with van der Waals surface area (Å²) in [4.78, 5) is 35.4. The fraction of sp³-hybridized carbons (Fsp3) is 0.444. The Morgan fingerprint density at radius 2 is 2.03 bits per heavy atom. The van der Waals surface area contributed by atoms with Crippen molar-refractivity contribution in [2.45, 2.75) is 18.9 Å². The Bertz CT molecular complexity index is 1310. The Hall–Kier alpha value is -4.17. The minimum atomic E-state index is -0.123. The summed E-state index contributed by atoms with van der Waals surface area (Å²) < 4.78 is 7.08. The predicted molar refractivity (Wildman–Crippen MR) is 144 cm³/mol. The Kier molecular flexibility index (Phi) is 8.43. The second kappa shape index (κ2) is 11.9. The van der Waals surface area contributed by atoms with Crippen LogP contribution in [0.2, 0.25) is 0 Å². The van der Waals surface area contributed by atoms with Crippen molar-refractivity contribution in [3.05, 3.63) is 47.9 Å². The molecule has 0 aromatic carbocycles. The SMILES string of the molecule is COc1cc(C(C=NC2CCN(C(=O)C3CN(C(=O)/C=C/CN(C)C)C3)CC2)=CN)cn2ncc(C#N)c12. The highest BCUT2D eigenvalue weighted by atomic mass is 16.5. The van der Waals surface area contributed by atoms with Gasteiger partial charge in [0, 0.05) is 68.5 Å². The first-order valence-corrected chi connectivity index (χ1v) is 12.6. The highest BCUT2D eigenvalue weighted by molar-refractivity contribution is 6.10. The largest absolute Gasteiger partial charge is 0.494 e. The highest BCUT2D eigenvalue weighted by Crippen LogP contribution is 2.27. The van der Waals surface area contributed by atoms with Gasteiger partial charge in [-0.25, -0.2) is 4.52 Å². The van der Waals surface area contributed by atoms with E-state index in [-0.39, 0.29) is 23.8 Å². The number of hydrogen-bond acceptors (Lipinski definition) is 8. The monoisotopic (exact) mass is 518 g/mol. The number of methoxy groups -OCH3 is 1. The Balaban J connectivity index is 1.29. The molecule has 2 amide bonds. The van der Waals surface area contributed by atoms with Crippen LogP contribution in [0.5, 0.6) is 5.75 Å². The fourth-order valence-corrected chi connectivity index (χ4v) is 4.66. The van der Waals surface area contributed by atoms with Crippen LogP contribution in [0, 0.1) is 17.2 Å². The number of nitrogens with two attached hydrogens (primary N) is 1. The van der Waals surface area contributed by atoms with Crippen molar-refractivity contribution in [1.82, 2.24) is 24.3 Å². The second-order valence-electron chi connectivity index (χ2n) is 9.82. The number of hydrogen-bond donors (Lipinski definition) is 1. The maximum absolute atomic E-state index is 12.9. The molecule has 2 saturated heterocycles. The molecule has 2 N–H and O–H groups in total. The summed E-state index contributed by atoms with van der Waals surface area (Å²) in [7, 11) is 5.44. The van der Waals surface area contributed by atoms with Gasteiger partial charge in [0.1, 0.15) is 22.9 Å². The Morgan fingerprint density at radius 3 is 2.66 bits per heavy atom. The lowest BCUT2D eigenvalue weighted by molar-refractivity contribution is -0.146. The van der Waals surface area contributed by atoms with E-state index in [9.17, 15) is 14.9 Å². The van der Waals surface area contributed by atoms with Crippen LogP contribution in [-0.2, 0) is 9.59 Å². The molecule has 11 heteroatoms. The van der Waals surface area contributed by atoms with Gasteiger partial charge in [0.2, 0.25) is 11.8 Å². The first kappa shape index (κ1) is 26.9. The van der Waals surface area contributed by atoms with Crippen LogP contribution in [0.3, 0.4) is 0 Å². The lowest BCUT2D eigenvalue weighted by Gasteiger charge is -2.41. The van der Waals surface area contributed by atoms with E-state index in [2.05, 4.69) is 11.2 Å². The van der Waals surface area contributed by atoms with Crippen molar-refractivity contribution in [3.63, 3.8) is 0 Å². The molecule has 4 heterocycles. The highest BCUT2D eigenvalue weighted by Gasteiger charge is 2.38. The molecule has 0 spiro atoms. The topological polar surface area (TPSA) is 133 Å². The summed E-state index contributed by atoms with van der Waals surface area (Å²) in [6, 6.07) is 4.01. The number of amides is 2. The predicted octanol–water partition coefficient (Wildman–Crippen LogP) is 1.15. The number of aliphatic imine (C=N–C) groups is 1. The van der Waals surface area contributed by atoms with Gasteiger partial charge in [-0.3, -0.25) is 14.6 Å². The zero-order chi connectivity index (χ0) is 27.2. The van der Waals surface area contributed by atoms with E-state index in [1.165, 1.54) is 12.4 Å². The molecule has 0 unspecified atom stereocenters. The van der Waals surface area contributed by atoms with Crippen molar-refractivity contribution in [2.75, 3.05) is 53.9 Å². The van der Waals surface area contributed by atoms with Gasteiger partial charge in [0.15, 0.2) is 0 Å². The molecule has 11 nitrogen and oxygen atoms in total. The average Bonchev–Trinajstić information content (AvgIpc) is 3.31. The molecule has 2 fully saturated rings. The van der Waals surface area contributed by atoms with Crippen LogP contribution in [0.15, 0.2) is 41.8 Å². The molecule has 2 aromatic heterocycles. The van der Waals surface area contributed by atoms with E-state index in [4.69, 9.17) is 15.5 Å². The molecule has 0 saturated carbocycles. The smallest absolute Gasteiger partial charge is 0.246 e. The summed E-state index contributed by atoms with van der Waals surface area (Å²) in [5, 5.41) is 13.6. The van der Waals surface area contributed by atoms with Crippen LogP contribution in [-0.4, -0.2) is 102 Å².